The molecule has 0 atom stereocenters. The highest BCUT2D eigenvalue weighted by molar-refractivity contribution is 7.99. The summed E-state index contributed by atoms with van der Waals surface area (Å²) in [4.78, 5) is 11.9. The number of halogens is 2. The summed E-state index contributed by atoms with van der Waals surface area (Å²) >= 11 is 1.27. The highest BCUT2D eigenvalue weighted by Gasteiger charge is 2.11. The summed E-state index contributed by atoms with van der Waals surface area (Å²) < 4.78 is 28.2. The molecule has 0 aliphatic carbocycles. The lowest BCUT2D eigenvalue weighted by Crippen LogP contribution is -2.15. The van der Waals surface area contributed by atoms with Crippen LogP contribution in [0.5, 0.6) is 0 Å². The second-order valence-corrected chi connectivity index (χ2v) is 5.99. The van der Waals surface area contributed by atoms with Crippen LogP contribution in [0.15, 0.2) is 48.5 Å². The molecule has 25 heavy (non-hydrogen) atoms. The summed E-state index contributed by atoms with van der Waals surface area (Å²) in [6, 6.07) is 12.2. The number of carbonyl (C=O) groups excluding carboxylic acids is 1. The van der Waals surface area contributed by atoms with Gasteiger partial charge >= 0.3 is 0 Å². The number of nitrogens with one attached hydrogen (secondary N) is 1. The van der Waals surface area contributed by atoms with Gasteiger partial charge in [0.15, 0.2) is 5.82 Å². The maximum Gasteiger partial charge on any atom is 0.234 e. The number of thioether (sulfide) groups is 1. The summed E-state index contributed by atoms with van der Waals surface area (Å²) in [5.74, 6) is -0.716. The van der Waals surface area contributed by atoms with Gasteiger partial charge in [-0.25, -0.2) is 8.78 Å². The largest absolute Gasteiger partial charge is 0.323 e. The van der Waals surface area contributed by atoms with Gasteiger partial charge in [-0.15, -0.1) is 16.9 Å². The van der Waals surface area contributed by atoms with E-state index in [1.165, 1.54) is 11.8 Å². The van der Waals surface area contributed by atoms with Gasteiger partial charge in [0.2, 0.25) is 5.91 Å². The van der Waals surface area contributed by atoms with Gasteiger partial charge in [0, 0.05) is 6.07 Å². The van der Waals surface area contributed by atoms with Crippen LogP contribution in [-0.4, -0.2) is 31.9 Å². The Labute approximate surface area is 146 Å². The van der Waals surface area contributed by atoms with Crippen molar-refractivity contribution in [2.45, 2.75) is 5.75 Å². The molecule has 0 saturated carbocycles. The van der Waals surface area contributed by atoms with Gasteiger partial charge in [-0.05, 0) is 34.7 Å². The first-order chi connectivity index (χ1) is 12.1. The molecule has 9 heteroatoms. The molecule has 1 amide bonds. The lowest BCUT2D eigenvalue weighted by molar-refractivity contribution is -0.113. The lowest BCUT2D eigenvalue weighted by Gasteiger charge is -2.07. The topological polar surface area (TPSA) is 72.7 Å². The Kier molecular flexibility index (Phi) is 5.34. The maximum absolute atomic E-state index is 13.5. The van der Waals surface area contributed by atoms with Crippen molar-refractivity contribution in [1.82, 2.24) is 20.2 Å². The highest BCUT2D eigenvalue weighted by atomic mass is 32.2. The Morgan fingerprint density at radius 3 is 2.76 bits per heavy atom. The van der Waals surface area contributed by atoms with Crippen molar-refractivity contribution < 1.29 is 13.6 Å². The van der Waals surface area contributed by atoms with Crippen LogP contribution in [0.2, 0.25) is 0 Å². The van der Waals surface area contributed by atoms with Crippen molar-refractivity contribution in [1.29, 1.82) is 0 Å². The Hall–Kier alpha value is -2.81. The van der Waals surface area contributed by atoms with Crippen LogP contribution in [0.1, 0.15) is 5.82 Å². The molecule has 1 aromatic heterocycles. The molecule has 128 valence electrons. The Bertz CT molecular complexity index is 872. The second-order valence-electron chi connectivity index (χ2n) is 5.01. The van der Waals surface area contributed by atoms with E-state index in [0.29, 0.717) is 11.6 Å². The molecule has 0 radical (unpaired) electrons. The second kappa shape index (κ2) is 7.84. The van der Waals surface area contributed by atoms with E-state index in [4.69, 9.17) is 0 Å². The van der Waals surface area contributed by atoms with Gasteiger partial charge < -0.3 is 5.32 Å². The number of carbonyl (C=O) groups is 1. The fourth-order valence-electron chi connectivity index (χ4n) is 2.08. The van der Waals surface area contributed by atoms with Gasteiger partial charge in [-0.1, -0.05) is 18.2 Å². The number of para-hydroxylation sites is 1. The van der Waals surface area contributed by atoms with E-state index in [1.54, 1.807) is 4.68 Å². The SMILES string of the molecule is O=C(CSCc1nnnn1-c1ccccc1)Nc1cc(F)ccc1F. The predicted octanol–water partition coefficient (Wildman–Crippen LogP) is 2.81. The normalized spacial score (nSPS) is 10.6. The van der Waals surface area contributed by atoms with Gasteiger partial charge in [-0.2, -0.15) is 4.68 Å². The Morgan fingerprint density at radius 1 is 1.16 bits per heavy atom. The van der Waals surface area contributed by atoms with Crippen LogP contribution >= 0.6 is 11.8 Å². The minimum absolute atomic E-state index is 0.0532. The van der Waals surface area contributed by atoms with Gasteiger partial charge in [0.25, 0.3) is 0 Å². The summed E-state index contributed by atoms with van der Waals surface area (Å²) in [6.07, 6.45) is 0. The van der Waals surface area contributed by atoms with Crippen molar-refractivity contribution in [2.24, 2.45) is 0 Å². The molecule has 0 fully saturated rings. The minimum atomic E-state index is -0.687. The number of aromatic nitrogens is 4. The van der Waals surface area contributed by atoms with Gasteiger partial charge in [0.05, 0.1) is 22.9 Å². The first-order valence-electron chi connectivity index (χ1n) is 7.29. The number of hydrogen-bond donors (Lipinski definition) is 1. The third-order valence-corrected chi connectivity index (χ3v) is 4.13. The molecular weight excluding hydrogens is 348 g/mol. The fraction of sp³-hybridized carbons (Fsp3) is 0.125. The fourth-order valence-corrected chi connectivity index (χ4v) is 2.80. The molecule has 0 spiro atoms. The first kappa shape index (κ1) is 17.0. The van der Waals surface area contributed by atoms with Crippen LogP contribution in [0.25, 0.3) is 5.69 Å². The third kappa shape index (κ3) is 4.38. The quantitative estimate of drug-likeness (QED) is 0.731. The van der Waals surface area contributed by atoms with Crippen LogP contribution in [0.3, 0.4) is 0 Å². The zero-order chi connectivity index (χ0) is 17.6. The molecule has 2 aromatic carbocycles. The molecular formula is C16H13F2N5OS. The van der Waals surface area contributed by atoms with Gasteiger partial charge in [0.1, 0.15) is 11.6 Å². The monoisotopic (exact) mass is 361 g/mol. The molecule has 3 aromatic rings. The summed E-state index contributed by atoms with van der Waals surface area (Å²) in [5, 5.41) is 13.8. The van der Waals surface area contributed by atoms with Crippen molar-refractivity contribution >= 4 is 23.4 Å². The van der Waals surface area contributed by atoms with Crippen LogP contribution < -0.4 is 5.32 Å². The molecule has 1 N–H and O–H groups in total. The molecule has 1 heterocycles. The van der Waals surface area contributed by atoms with Crippen molar-refractivity contribution in [3.63, 3.8) is 0 Å². The van der Waals surface area contributed by atoms with E-state index < -0.39 is 17.5 Å². The molecule has 0 unspecified atom stereocenters. The molecule has 0 aliphatic heterocycles. The predicted molar refractivity (Wildman–Crippen MR) is 90.3 cm³/mol. The van der Waals surface area contributed by atoms with Crippen LogP contribution in [0.4, 0.5) is 14.5 Å². The molecule has 0 aliphatic rings. The number of nitrogens with zero attached hydrogens (tertiary/aromatic N) is 4. The molecule has 3 rings (SSSR count). The Balaban J connectivity index is 1.56. The van der Waals surface area contributed by atoms with E-state index in [1.807, 2.05) is 30.3 Å². The smallest absolute Gasteiger partial charge is 0.234 e. The van der Waals surface area contributed by atoms with E-state index in [2.05, 4.69) is 20.8 Å². The molecule has 0 bridgehead atoms. The zero-order valence-corrected chi connectivity index (χ0v) is 13.7. The Morgan fingerprint density at radius 2 is 1.96 bits per heavy atom. The standard InChI is InChI=1S/C16H13F2N5OS/c17-11-6-7-13(18)14(8-11)19-16(24)10-25-9-15-20-21-22-23(15)12-4-2-1-3-5-12/h1-8H,9-10H2,(H,19,24). The van der Waals surface area contributed by atoms with Crippen molar-refractivity contribution in [2.75, 3.05) is 11.1 Å². The molecule has 0 saturated heterocycles. The van der Waals surface area contributed by atoms with Crippen LogP contribution in [0, 0.1) is 11.6 Å². The van der Waals surface area contributed by atoms with Crippen molar-refractivity contribution in [3.05, 3.63) is 66.0 Å². The number of rotatable bonds is 6. The van der Waals surface area contributed by atoms with E-state index >= 15 is 0 Å². The lowest BCUT2D eigenvalue weighted by atomic mass is 10.3. The van der Waals surface area contributed by atoms with E-state index in [9.17, 15) is 13.6 Å². The minimum Gasteiger partial charge on any atom is -0.323 e. The number of amides is 1. The molecule has 6 nitrogen and oxygen atoms in total. The average molecular weight is 361 g/mol. The van der Waals surface area contributed by atoms with Crippen LogP contribution in [-0.2, 0) is 10.5 Å². The zero-order valence-electron chi connectivity index (χ0n) is 12.9. The first-order valence-corrected chi connectivity index (χ1v) is 8.44. The van der Waals surface area contributed by atoms with E-state index in [-0.39, 0.29) is 11.4 Å². The van der Waals surface area contributed by atoms with Crippen molar-refractivity contribution in [3.8, 4) is 5.69 Å². The third-order valence-electron chi connectivity index (χ3n) is 3.20. The summed E-state index contributed by atoms with van der Waals surface area (Å²) in [6.45, 7) is 0. The van der Waals surface area contributed by atoms with E-state index in [0.717, 1.165) is 23.9 Å². The average Bonchev–Trinajstić information content (AvgIpc) is 3.07. The summed E-state index contributed by atoms with van der Waals surface area (Å²) in [5.41, 5.74) is 0.633. The summed E-state index contributed by atoms with van der Waals surface area (Å²) in [7, 11) is 0. The van der Waals surface area contributed by atoms with Gasteiger partial charge in [-0.3, -0.25) is 4.79 Å². The number of hydrogen-bond acceptors (Lipinski definition) is 5. The maximum atomic E-state index is 13.5. The number of tetrazole rings is 1. The number of benzene rings is 2. The highest BCUT2D eigenvalue weighted by Crippen LogP contribution is 2.17. The number of anilines is 1.